The van der Waals surface area contributed by atoms with Crippen molar-refractivity contribution >= 4 is 44.6 Å². The average molecular weight is 276 g/mol. The van der Waals surface area contributed by atoms with E-state index in [4.69, 9.17) is 0 Å². The van der Waals surface area contributed by atoms with Crippen molar-refractivity contribution < 1.29 is 9.72 Å². The zero-order valence-electron chi connectivity index (χ0n) is 6.97. The summed E-state index contributed by atoms with van der Waals surface area (Å²) in [7, 11) is 0. The van der Waals surface area contributed by atoms with Crippen molar-refractivity contribution in [2.45, 2.75) is 0 Å². The molecule has 1 heterocycles. The first kappa shape index (κ1) is 11.1. The molecule has 4 nitrogen and oxygen atoms in total. The molecule has 1 aromatic heterocycles. The van der Waals surface area contributed by atoms with Crippen molar-refractivity contribution in [3.63, 3.8) is 0 Å². The van der Waals surface area contributed by atoms with Gasteiger partial charge >= 0.3 is 5.00 Å². The van der Waals surface area contributed by atoms with Gasteiger partial charge in [0.25, 0.3) is 0 Å². The third-order valence-corrected chi connectivity index (χ3v) is 2.83. The summed E-state index contributed by atoms with van der Waals surface area (Å²) >= 11 is 4.05. The number of halogens is 1. The standard InChI is InChI=1S/C8H6BrNO3S/c9-3-1-2-6-4-7(5-11)14-8(6)10(12)13/h1-2,4-5H,3H2. The number of aldehydes is 1. The Labute approximate surface area is 92.5 Å². The van der Waals surface area contributed by atoms with Crippen LogP contribution in [0, 0.1) is 10.1 Å². The predicted octanol–water partition coefficient (Wildman–Crippen LogP) is 2.88. The maximum absolute atomic E-state index is 10.6. The van der Waals surface area contributed by atoms with E-state index in [9.17, 15) is 14.9 Å². The predicted molar refractivity (Wildman–Crippen MR) is 59.2 cm³/mol. The fourth-order valence-corrected chi connectivity index (χ4v) is 1.87. The molecule has 0 aliphatic heterocycles. The lowest BCUT2D eigenvalue weighted by Crippen LogP contribution is -1.85. The summed E-state index contributed by atoms with van der Waals surface area (Å²) in [5, 5.41) is 11.2. The Morgan fingerprint density at radius 1 is 1.64 bits per heavy atom. The highest BCUT2D eigenvalue weighted by atomic mass is 79.9. The van der Waals surface area contributed by atoms with Crippen LogP contribution in [-0.4, -0.2) is 16.5 Å². The molecular weight excluding hydrogens is 270 g/mol. The summed E-state index contributed by atoms with van der Waals surface area (Å²) in [4.78, 5) is 20.9. The van der Waals surface area contributed by atoms with Crippen LogP contribution in [-0.2, 0) is 0 Å². The summed E-state index contributed by atoms with van der Waals surface area (Å²) in [5.41, 5.74) is 0.474. The van der Waals surface area contributed by atoms with Crippen molar-refractivity contribution in [1.82, 2.24) is 0 Å². The molecule has 14 heavy (non-hydrogen) atoms. The molecule has 0 N–H and O–H groups in total. The van der Waals surface area contributed by atoms with E-state index in [0.717, 1.165) is 11.3 Å². The molecule has 6 heteroatoms. The number of thiophene rings is 1. The highest BCUT2D eigenvalue weighted by molar-refractivity contribution is 9.09. The summed E-state index contributed by atoms with van der Waals surface area (Å²) < 4.78 is 0. The Morgan fingerprint density at radius 3 is 2.86 bits per heavy atom. The minimum Gasteiger partial charge on any atom is -0.297 e. The molecule has 0 atom stereocenters. The van der Waals surface area contributed by atoms with Gasteiger partial charge in [-0.3, -0.25) is 14.9 Å². The molecule has 0 saturated carbocycles. The van der Waals surface area contributed by atoms with Crippen LogP contribution in [0.1, 0.15) is 15.2 Å². The molecule has 1 rings (SSSR count). The van der Waals surface area contributed by atoms with E-state index in [2.05, 4.69) is 15.9 Å². The van der Waals surface area contributed by atoms with Crippen LogP contribution in [0.4, 0.5) is 5.00 Å². The Kier molecular flexibility index (Phi) is 3.97. The summed E-state index contributed by atoms with van der Waals surface area (Å²) in [6.45, 7) is 0. The monoisotopic (exact) mass is 275 g/mol. The van der Waals surface area contributed by atoms with Gasteiger partial charge in [-0.25, -0.2) is 0 Å². The lowest BCUT2D eigenvalue weighted by molar-refractivity contribution is -0.380. The van der Waals surface area contributed by atoms with E-state index in [0.29, 0.717) is 22.1 Å². The third kappa shape index (κ3) is 2.49. The molecule has 0 aliphatic rings. The van der Waals surface area contributed by atoms with Gasteiger partial charge in [0.15, 0.2) is 6.29 Å². The zero-order chi connectivity index (χ0) is 10.6. The van der Waals surface area contributed by atoms with E-state index in [-0.39, 0.29) is 5.00 Å². The summed E-state index contributed by atoms with van der Waals surface area (Å²) in [6.07, 6.45) is 3.98. The SMILES string of the molecule is O=Cc1cc(C=CCBr)c([N+](=O)[O-])s1. The first-order chi connectivity index (χ1) is 6.69. The van der Waals surface area contributed by atoms with Gasteiger partial charge < -0.3 is 0 Å². The van der Waals surface area contributed by atoms with Crippen molar-refractivity contribution in [2.75, 3.05) is 5.33 Å². The number of nitro groups is 1. The lowest BCUT2D eigenvalue weighted by atomic mass is 10.3. The van der Waals surface area contributed by atoms with Crippen molar-refractivity contribution in [1.29, 1.82) is 0 Å². The molecule has 0 fully saturated rings. The molecule has 0 unspecified atom stereocenters. The van der Waals surface area contributed by atoms with Crippen molar-refractivity contribution in [3.8, 4) is 0 Å². The first-order valence-corrected chi connectivity index (χ1v) is 5.58. The molecule has 0 spiro atoms. The van der Waals surface area contributed by atoms with Gasteiger partial charge in [0, 0.05) is 5.33 Å². The van der Waals surface area contributed by atoms with Crippen LogP contribution in [0.5, 0.6) is 0 Å². The zero-order valence-corrected chi connectivity index (χ0v) is 9.38. The topological polar surface area (TPSA) is 60.2 Å². The van der Waals surface area contributed by atoms with Crippen LogP contribution in [0.2, 0.25) is 0 Å². The van der Waals surface area contributed by atoms with Gasteiger partial charge in [0.1, 0.15) is 0 Å². The van der Waals surface area contributed by atoms with Gasteiger partial charge in [-0.05, 0) is 6.07 Å². The van der Waals surface area contributed by atoms with Gasteiger partial charge in [-0.2, -0.15) is 0 Å². The Bertz CT molecular complexity index is 386. The van der Waals surface area contributed by atoms with E-state index < -0.39 is 4.92 Å². The second-order valence-electron chi connectivity index (χ2n) is 2.34. The number of allylic oxidation sites excluding steroid dienone is 1. The number of hydrogen-bond donors (Lipinski definition) is 0. The number of alkyl halides is 1. The molecule has 0 bridgehead atoms. The molecule has 0 saturated heterocycles. The molecule has 1 aromatic rings. The molecule has 0 aromatic carbocycles. The van der Waals surface area contributed by atoms with Crippen LogP contribution >= 0.6 is 27.3 Å². The second kappa shape index (κ2) is 5.02. The van der Waals surface area contributed by atoms with E-state index in [1.807, 2.05) is 0 Å². The number of rotatable bonds is 4. The van der Waals surface area contributed by atoms with E-state index in [1.54, 1.807) is 12.2 Å². The Hall–Kier alpha value is -1.01. The van der Waals surface area contributed by atoms with Gasteiger partial charge in [0.2, 0.25) is 0 Å². The molecule has 0 radical (unpaired) electrons. The minimum atomic E-state index is -0.481. The maximum atomic E-state index is 10.6. The normalized spacial score (nSPS) is 10.6. The fourth-order valence-electron chi connectivity index (χ4n) is 0.907. The lowest BCUT2D eigenvalue weighted by Gasteiger charge is -1.86. The number of carbonyl (C=O) groups is 1. The molecule has 0 aliphatic carbocycles. The van der Waals surface area contributed by atoms with Crippen LogP contribution in [0.3, 0.4) is 0 Å². The largest absolute Gasteiger partial charge is 0.331 e. The summed E-state index contributed by atoms with van der Waals surface area (Å²) in [6, 6.07) is 1.51. The third-order valence-electron chi connectivity index (χ3n) is 1.43. The quantitative estimate of drug-likeness (QED) is 0.367. The highest BCUT2D eigenvalue weighted by Crippen LogP contribution is 2.30. The second-order valence-corrected chi connectivity index (χ2v) is 4.05. The minimum absolute atomic E-state index is 0.00398. The Balaban J connectivity index is 3.11. The number of carbonyl (C=O) groups excluding carboxylic acids is 1. The van der Waals surface area contributed by atoms with Gasteiger partial charge in [-0.1, -0.05) is 39.4 Å². The van der Waals surface area contributed by atoms with Gasteiger partial charge in [-0.15, -0.1) is 0 Å². The Morgan fingerprint density at radius 2 is 2.36 bits per heavy atom. The van der Waals surface area contributed by atoms with E-state index in [1.165, 1.54) is 6.07 Å². The average Bonchev–Trinajstić information content (AvgIpc) is 2.58. The fraction of sp³-hybridized carbons (Fsp3) is 0.125. The summed E-state index contributed by atoms with van der Waals surface area (Å²) in [5.74, 6) is 0. The molecule has 0 amide bonds. The molecular formula is C8H6BrNO3S. The molecule has 74 valence electrons. The van der Waals surface area contributed by atoms with Crippen molar-refractivity contribution in [2.24, 2.45) is 0 Å². The van der Waals surface area contributed by atoms with Gasteiger partial charge in [0.05, 0.1) is 15.4 Å². The number of hydrogen-bond acceptors (Lipinski definition) is 4. The number of nitrogens with zero attached hydrogens (tertiary/aromatic N) is 1. The van der Waals surface area contributed by atoms with Crippen molar-refractivity contribution in [3.05, 3.63) is 32.7 Å². The smallest absolute Gasteiger partial charge is 0.297 e. The highest BCUT2D eigenvalue weighted by Gasteiger charge is 2.16. The van der Waals surface area contributed by atoms with E-state index >= 15 is 0 Å². The van der Waals surface area contributed by atoms with Crippen LogP contribution in [0.15, 0.2) is 12.1 Å². The van der Waals surface area contributed by atoms with Crippen LogP contribution < -0.4 is 0 Å². The van der Waals surface area contributed by atoms with Crippen LogP contribution in [0.25, 0.3) is 6.08 Å². The maximum Gasteiger partial charge on any atom is 0.331 e. The first-order valence-electron chi connectivity index (χ1n) is 3.65.